The number of nitrogens with one attached hydrogen (secondary N) is 2. The van der Waals surface area contributed by atoms with Crippen LogP contribution in [0.5, 0.6) is 0 Å². The highest BCUT2D eigenvalue weighted by molar-refractivity contribution is 5.59. The third-order valence-electron chi connectivity index (χ3n) is 5.19. The standard InChI is InChI=1S/C21H24N4O/c1-14(19-13-20(25(2)24-19)15-7-4-3-5-8-15)22-17-9-6-10-18-16(17)11-12-21(26)23-18/h3-5,7-8,11-14,17,22H,6,9-10H2,1-2H3,(H,23,26). The lowest BCUT2D eigenvalue weighted by Crippen LogP contribution is -2.29. The van der Waals surface area contributed by atoms with Crippen LogP contribution in [0.25, 0.3) is 11.3 Å². The summed E-state index contributed by atoms with van der Waals surface area (Å²) >= 11 is 0. The van der Waals surface area contributed by atoms with Crippen LogP contribution in [0.4, 0.5) is 0 Å². The van der Waals surface area contributed by atoms with E-state index >= 15 is 0 Å². The van der Waals surface area contributed by atoms with Gasteiger partial charge in [-0.25, -0.2) is 0 Å². The van der Waals surface area contributed by atoms with Crippen molar-refractivity contribution in [2.24, 2.45) is 7.05 Å². The highest BCUT2D eigenvalue weighted by Crippen LogP contribution is 2.30. The minimum atomic E-state index is -0.0188. The number of benzene rings is 1. The van der Waals surface area contributed by atoms with Crippen molar-refractivity contribution in [3.8, 4) is 11.3 Å². The molecular formula is C21H24N4O. The van der Waals surface area contributed by atoms with Crippen LogP contribution in [-0.2, 0) is 13.5 Å². The SMILES string of the molecule is CC(NC1CCCc2[nH]c(=O)ccc21)c1cc(-c2ccccc2)n(C)n1. The van der Waals surface area contributed by atoms with Gasteiger partial charge in [0, 0.05) is 30.9 Å². The average molecular weight is 348 g/mol. The largest absolute Gasteiger partial charge is 0.326 e. The zero-order chi connectivity index (χ0) is 18.1. The topological polar surface area (TPSA) is 62.7 Å². The van der Waals surface area contributed by atoms with E-state index in [1.165, 1.54) is 11.1 Å². The van der Waals surface area contributed by atoms with Gasteiger partial charge in [0.05, 0.1) is 11.4 Å². The van der Waals surface area contributed by atoms with E-state index in [1.807, 2.05) is 36.0 Å². The second-order valence-corrected chi connectivity index (χ2v) is 7.03. The Bertz CT molecular complexity index is 958. The molecule has 2 aromatic heterocycles. The second-order valence-electron chi connectivity index (χ2n) is 7.03. The van der Waals surface area contributed by atoms with E-state index in [0.29, 0.717) is 0 Å². The Kier molecular flexibility index (Phi) is 4.47. The maximum absolute atomic E-state index is 11.6. The Morgan fingerprint density at radius 3 is 2.85 bits per heavy atom. The Labute approximate surface area is 153 Å². The molecule has 2 unspecified atom stereocenters. The van der Waals surface area contributed by atoms with E-state index in [9.17, 15) is 4.79 Å². The van der Waals surface area contributed by atoms with Crippen molar-refractivity contribution >= 4 is 0 Å². The molecule has 5 nitrogen and oxygen atoms in total. The first kappa shape index (κ1) is 16.8. The van der Waals surface area contributed by atoms with Gasteiger partial charge >= 0.3 is 0 Å². The van der Waals surface area contributed by atoms with Gasteiger partial charge in [0.15, 0.2) is 0 Å². The molecule has 5 heteroatoms. The minimum Gasteiger partial charge on any atom is -0.326 e. The number of H-pyrrole nitrogens is 1. The third-order valence-corrected chi connectivity index (χ3v) is 5.19. The number of aromatic amines is 1. The summed E-state index contributed by atoms with van der Waals surface area (Å²) in [5.41, 5.74) is 5.57. The van der Waals surface area contributed by atoms with Gasteiger partial charge in [0.2, 0.25) is 5.56 Å². The van der Waals surface area contributed by atoms with Gasteiger partial charge in [-0.3, -0.25) is 9.48 Å². The van der Waals surface area contributed by atoms with Gasteiger partial charge in [-0.1, -0.05) is 36.4 Å². The molecule has 0 aliphatic heterocycles. The molecule has 0 saturated carbocycles. The van der Waals surface area contributed by atoms with Gasteiger partial charge in [-0.05, 0) is 43.4 Å². The lowest BCUT2D eigenvalue weighted by Gasteiger charge is -2.28. The fraction of sp³-hybridized carbons (Fsp3) is 0.333. The molecule has 0 fully saturated rings. The fourth-order valence-electron chi connectivity index (χ4n) is 3.84. The molecular weight excluding hydrogens is 324 g/mol. The normalized spacial score (nSPS) is 17.7. The molecule has 0 saturated heterocycles. The summed E-state index contributed by atoms with van der Waals surface area (Å²) in [6.45, 7) is 2.15. The number of rotatable bonds is 4. The van der Waals surface area contributed by atoms with Crippen molar-refractivity contribution in [1.82, 2.24) is 20.1 Å². The molecule has 3 aromatic rings. The first-order chi connectivity index (χ1) is 12.6. The number of aryl methyl sites for hydroxylation is 2. The molecule has 134 valence electrons. The van der Waals surface area contributed by atoms with Gasteiger partial charge < -0.3 is 10.3 Å². The monoisotopic (exact) mass is 348 g/mol. The summed E-state index contributed by atoms with van der Waals surface area (Å²) in [5.74, 6) is 0. The molecule has 1 aliphatic rings. The van der Waals surface area contributed by atoms with Crippen LogP contribution < -0.4 is 10.9 Å². The molecule has 2 heterocycles. The Hall–Kier alpha value is -2.66. The van der Waals surface area contributed by atoms with Crippen molar-refractivity contribution in [3.63, 3.8) is 0 Å². The minimum absolute atomic E-state index is 0.0188. The van der Waals surface area contributed by atoms with Crippen molar-refractivity contribution in [2.45, 2.75) is 38.3 Å². The molecule has 0 bridgehead atoms. The average Bonchev–Trinajstić information content (AvgIpc) is 3.04. The van der Waals surface area contributed by atoms with Crippen LogP contribution in [0.2, 0.25) is 0 Å². The summed E-state index contributed by atoms with van der Waals surface area (Å²) in [6.07, 6.45) is 3.09. The lowest BCUT2D eigenvalue weighted by molar-refractivity contribution is 0.405. The Morgan fingerprint density at radius 2 is 2.04 bits per heavy atom. The van der Waals surface area contributed by atoms with Crippen LogP contribution in [-0.4, -0.2) is 14.8 Å². The van der Waals surface area contributed by atoms with E-state index in [0.717, 1.165) is 36.3 Å². The van der Waals surface area contributed by atoms with Gasteiger partial charge in [0.1, 0.15) is 0 Å². The predicted molar refractivity (Wildman–Crippen MR) is 103 cm³/mol. The molecule has 0 radical (unpaired) electrons. The van der Waals surface area contributed by atoms with E-state index in [1.54, 1.807) is 6.07 Å². The molecule has 0 amide bonds. The van der Waals surface area contributed by atoms with Crippen LogP contribution in [0, 0.1) is 0 Å². The van der Waals surface area contributed by atoms with Crippen molar-refractivity contribution in [1.29, 1.82) is 0 Å². The predicted octanol–water partition coefficient (Wildman–Crippen LogP) is 3.50. The molecule has 1 aliphatic carbocycles. The number of hydrogen-bond donors (Lipinski definition) is 2. The lowest BCUT2D eigenvalue weighted by atomic mass is 9.90. The number of aromatic nitrogens is 3. The van der Waals surface area contributed by atoms with E-state index < -0.39 is 0 Å². The van der Waals surface area contributed by atoms with Gasteiger partial charge in [0.25, 0.3) is 0 Å². The number of pyridine rings is 1. The molecule has 4 rings (SSSR count). The van der Waals surface area contributed by atoms with Crippen LogP contribution in [0.1, 0.15) is 48.8 Å². The highest BCUT2D eigenvalue weighted by atomic mass is 16.1. The van der Waals surface area contributed by atoms with Crippen LogP contribution in [0.3, 0.4) is 0 Å². The summed E-state index contributed by atoms with van der Waals surface area (Å²) in [5, 5.41) is 8.42. The molecule has 2 N–H and O–H groups in total. The summed E-state index contributed by atoms with van der Waals surface area (Å²) in [6, 6.07) is 16.4. The van der Waals surface area contributed by atoms with Gasteiger partial charge in [-0.2, -0.15) is 5.10 Å². The Balaban J connectivity index is 1.57. The summed E-state index contributed by atoms with van der Waals surface area (Å²) < 4.78 is 1.94. The van der Waals surface area contributed by atoms with Crippen molar-refractivity contribution in [3.05, 3.63) is 75.8 Å². The maximum atomic E-state index is 11.6. The number of fused-ring (bicyclic) bond motifs is 1. The maximum Gasteiger partial charge on any atom is 0.248 e. The van der Waals surface area contributed by atoms with E-state index in [-0.39, 0.29) is 17.6 Å². The number of hydrogen-bond acceptors (Lipinski definition) is 3. The van der Waals surface area contributed by atoms with Crippen LogP contribution >= 0.6 is 0 Å². The molecule has 2 atom stereocenters. The fourth-order valence-corrected chi connectivity index (χ4v) is 3.84. The number of nitrogens with zero attached hydrogens (tertiary/aromatic N) is 2. The third kappa shape index (κ3) is 3.22. The second kappa shape index (κ2) is 6.92. The van der Waals surface area contributed by atoms with Crippen LogP contribution in [0.15, 0.2) is 53.3 Å². The zero-order valence-electron chi connectivity index (χ0n) is 15.2. The zero-order valence-corrected chi connectivity index (χ0v) is 15.2. The summed E-state index contributed by atoms with van der Waals surface area (Å²) in [4.78, 5) is 14.6. The molecule has 1 aromatic carbocycles. The first-order valence-electron chi connectivity index (χ1n) is 9.19. The Morgan fingerprint density at radius 1 is 1.23 bits per heavy atom. The van der Waals surface area contributed by atoms with Crippen molar-refractivity contribution in [2.75, 3.05) is 0 Å². The van der Waals surface area contributed by atoms with E-state index in [2.05, 4.69) is 35.4 Å². The van der Waals surface area contributed by atoms with E-state index in [4.69, 9.17) is 5.10 Å². The first-order valence-corrected chi connectivity index (χ1v) is 9.19. The molecule has 0 spiro atoms. The smallest absolute Gasteiger partial charge is 0.248 e. The molecule has 26 heavy (non-hydrogen) atoms. The van der Waals surface area contributed by atoms with Gasteiger partial charge in [-0.15, -0.1) is 0 Å². The highest BCUT2D eigenvalue weighted by Gasteiger charge is 2.23. The van der Waals surface area contributed by atoms with Crippen molar-refractivity contribution < 1.29 is 0 Å². The quantitative estimate of drug-likeness (QED) is 0.758. The summed E-state index contributed by atoms with van der Waals surface area (Å²) in [7, 11) is 1.99.